The molecule has 9 heteroatoms. The van der Waals surface area contributed by atoms with Crippen LogP contribution in [-0.4, -0.2) is 23.8 Å². The van der Waals surface area contributed by atoms with Crippen LogP contribution in [0, 0.1) is 16.0 Å². The summed E-state index contributed by atoms with van der Waals surface area (Å²) >= 11 is 1.34. The average Bonchev–Trinajstić information content (AvgIpc) is 2.97. The van der Waals surface area contributed by atoms with E-state index in [1.807, 2.05) is 0 Å². The Kier molecular flexibility index (Phi) is 5.13. The fourth-order valence-corrected chi connectivity index (χ4v) is 4.66. The number of carbonyl (C=O) groups is 2. The highest BCUT2D eigenvalue weighted by Gasteiger charge is 2.28. The van der Waals surface area contributed by atoms with Crippen LogP contribution in [0.5, 0.6) is 5.75 Å². The van der Waals surface area contributed by atoms with Crippen LogP contribution in [0.4, 0.5) is 10.7 Å². The molecule has 1 atom stereocenters. The van der Waals surface area contributed by atoms with Gasteiger partial charge in [-0.1, -0.05) is 6.92 Å². The lowest BCUT2D eigenvalue weighted by atomic mass is 9.88. The number of nitrogens with two attached hydrogens (primary N) is 1. The second kappa shape index (κ2) is 7.36. The molecule has 1 heterocycles. The monoisotopic (exact) mass is 389 g/mol. The van der Waals surface area contributed by atoms with Crippen LogP contribution in [0.2, 0.25) is 0 Å². The molecule has 2 aromatic rings. The van der Waals surface area contributed by atoms with Crippen molar-refractivity contribution in [3.8, 4) is 5.75 Å². The van der Waals surface area contributed by atoms with Gasteiger partial charge in [0.25, 0.3) is 11.8 Å². The van der Waals surface area contributed by atoms with E-state index in [4.69, 9.17) is 10.5 Å². The Hall–Kier alpha value is -2.94. The van der Waals surface area contributed by atoms with Crippen molar-refractivity contribution < 1.29 is 19.2 Å². The van der Waals surface area contributed by atoms with Crippen LogP contribution in [0.3, 0.4) is 0 Å². The molecule has 1 aromatic carbocycles. The summed E-state index contributed by atoms with van der Waals surface area (Å²) in [7, 11) is 1.32. The third kappa shape index (κ3) is 3.63. The lowest BCUT2D eigenvalue weighted by Crippen LogP contribution is -2.19. The van der Waals surface area contributed by atoms with E-state index in [2.05, 4.69) is 12.2 Å². The van der Waals surface area contributed by atoms with E-state index in [-0.39, 0.29) is 17.0 Å². The molecule has 1 aliphatic carbocycles. The first kappa shape index (κ1) is 18.8. The van der Waals surface area contributed by atoms with Gasteiger partial charge in [0, 0.05) is 16.5 Å². The third-order valence-electron chi connectivity index (χ3n) is 4.62. The molecule has 3 rings (SSSR count). The Bertz CT molecular complexity index is 937. The molecular weight excluding hydrogens is 370 g/mol. The Morgan fingerprint density at radius 2 is 2.15 bits per heavy atom. The molecule has 2 amide bonds. The average molecular weight is 389 g/mol. The number of nitrogens with zero attached hydrogens (tertiary/aromatic N) is 1. The zero-order valence-electron chi connectivity index (χ0n) is 14.9. The van der Waals surface area contributed by atoms with Crippen molar-refractivity contribution in [3.05, 3.63) is 49.9 Å². The maximum absolute atomic E-state index is 12.6. The van der Waals surface area contributed by atoms with Crippen molar-refractivity contribution in [3.63, 3.8) is 0 Å². The van der Waals surface area contributed by atoms with Gasteiger partial charge in [-0.25, -0.2) is 0 Å². The first-order chi connectivity index (χ1) is 12.8. The fraction of sp³-hybridized carbons (Fsp3) is 0.333. The summed E-state index contributed by atoms with van der Waals surface area (Å²) in [6, 6.07) is 3.94. The summed E-state index contributed by atoms with van der Waals surface area (Å²) in [6.07, 6.45) is 2.54. The number of nitro groups is 1. The van der Waals surface area contributed by atoms with Crippen LogP contribution < -0.4 is 15.8 Å². The number of anilines is 1. The Labute approximate surface area is 159 Å². The van der Waals surface area contributed by atoms with Gasteiger partial charge in [0.2, 0.25) is 0 Å². The Morgan fingerprint density at radius 3 is 2.78 bits per heavy atom. The van der Waals surface area contributed by atoms with Crippen LogP contribution >= 0.6 is 11.3 Å². The number of hydrogen-bond donors (Lipinski definition) is 2. The zero-order chi connectivity index (χ0) is 19.7. The molecule has 1 aromatic heterocycles. The molecular formula is C18H19N3O5S. The molecule has 0 fully saturated rings. The number of carbonyl (C=O) groups excluding carboxylic acids is 2. The largest absolute Gasteiger partial charge is 0.490 e. The number of amides is 2. The Morgan fingerprint density at radius 1 is 1.41 bits per heavy atom. The molecule has 142 valence electrons. The fourth-order valence-electron chi connectivity index (χ4n) is 3.25. The van der Waals surface area contributed by atoms with Crippen molar-refractivity contribution >= 4 is 33.8 Å². The summed E-state index contributed by atoms with van der Waals surface area (Å²) in [5.74, 6) is -0.562. The van der Waals surface area contributed by atoms with Crippen LogP contribution in [0.1, 0.15) is 44.5 Å². The third-order valence-corrected chi connectivity index (χ3v) is 5.79. The number of rotatable bonds is 5. The number of hydrogen-bond acceptors (Lipinski definition) is 6. The predicted molar refractivity (Wildman–Crippen MR) is 102 cm³/mol. The molecule has 0 aliphatic heterocycles. The van der Waals surface area contributed by atoms with E-state index in [1.165, 1.54) is 30.6 Å². The maximum atomic E-state index is 12.6. The zero-order valence-corrected chi connectivity index (χ0v) is 15.7. The first-order valence-corrected chi connectivity index (χ1v) is 9.21. The van der Waals surface area contributed by atoms with Crippen LogP contribution in [0.15, 0.2) is 18.2 Å². The molecule has 8 nitrogen and oxygen atoms in total. The SMILES string of the molecule is COc1ccc(C(=O)Nc2sc3c(c2C(N)=O)CC[C@@H](C)C3)cc1[N+](=O)[O-]. The smallest absolute Gasteiger partial charge is 0.311 e. The highest BCUT2D eigenvalue weighted by Crippen LogP contribution is 2.39. The summed E-state index contributed by atoms with van der Waals surface area (Å²) in [6.45, 7) is 2.14. The van der Waals surface area contributed by atoms with Gasteiger partial charge in [0.1, 0.15) is 5.00 Å². The minimum atomic E-state index is -0.615. The van der Waals surface area contributed by atoms with Crippen LogP contribution in [-0.2, 0) is 12.8 Å². The van der Waals surface area contributed by atoms with Crippen molar-refractivity contribution in [2.45, 2.75) is 26.2 Å². The highest BCUT2D eigenvalue weighted by atomic mass is 32.1. The normalized spacial score (nSPS) is 15.7. The minimum absolute atomic E-state index is 0.0648. The topological polar surface area (TPSA) is 125 Å². The standard InChI is InChI=1S/C18H19N3O5S/c1-9-3-5-11-14(7-9)27-18(15(11)16(19)22)20-17(23)10-4-6-13(26-2)12(8-10)21(24)25/h4,6,8-9H,3,5,7H2,1-2H3,(H2,19,22)(H,20,23)/t9-/m1/s1. The van der Waals surface area contributed by atoms with Gasteiger partial charge >= 0.3 is 5.69 Å². The second-order valence-corrected chi connectivity index (χ2v) is 7.62. The molecule has 0 unspecified atom stereocenters. The lowest BCUT2D eigenvalue weighted by Gasteiger charge is -2.18. The number of methoxy groups -OCH3 is 1. The van der Waals surface area contributed by atoms with Gasteiger partial charge in [-0.05, 0) is 42.9 Å². The summed E-state index contributed by atoms with van der Waals surface area (Å²) in [5, 5.41) is 14.2. The molecule has 0 radical (unpaired) electrons. The van der Waals surface area contributed by atoms with Gasteiger partial charge in [-0.2, -0.15) is 0 Å². The van der Waals surface area contributed by atoms with Crippen LogP contribution in [0.25, 0.3) is 0 Å². The quantitative estimate of drug-likeness (QED) is 0.600. The van der Waals surface area contributed by atoms with Crippen molar-refractivity contribution in [1.82, 2.24) is 0 Å². The summed E-state index contributed by atoms with van der Waals surface area (Å²) in [4.78, 5) is 36.2. The highest BCUT2D eigenvalue weighted by molar-refractivity contribution is 7.17. The lowest BCUT2D eigenvalue weighted by molar-refractivity contribution is -0.385. The van der Waals surface area contributed by atoms with Gasteiger partial charge in [0.05, 0.1) is 17.6 Å². The van der Waals surface area contributed by atoms with E-state index >= 15 is 0 Å². The van der Waals surface area contributed by atoms with Gasteiger partial charge in [-0.15, -0.1) is 11.3 Å². The van der Waals surface area contributed by atoms with E-state index in [0.29, 0.717) is 16.5 Å². The van der Waals surface area contributed by atoms with Crippen molar-refractivity contribution in [1.29, 1.82) is 0 Å². The maximum Gasteiger partial charge on any atom is 0.311 e. The number of primary amides is 1. The van der Waals surface area contributed by atoms with E-state index < -0.39 is 16.7 Å². The Balaban J connectivity index is 1.94. The molecule has 27 heavy (non-hydrogen) atoms. The second-order valence-electron chi connectivity index (χ2n) is 6.52. The van der Waals surface area contributed by atoms with E-state index in [9.17, 15) is 19.7 Å². The van der Waals surface area contributed by atoms with Crippen molar-refractivity contribution in [2.24, 2.45) is 11.7 Å². The number of ether oxygens (including phenoxy) is 1. The number of nitrogens with one attached hydrogen (secondary N) is 1. The summed E-state index contributed by atoms with van der Waals surface area (Å²) in [5.41, 5.74) is 6.58. The molecule has 3 N–H and O–H groups in total. The van der Waals surface area contributed by atoms with E-state index in [0.717, 1.165) is 35.8 Å². The molecule has 0 spiro atoms. The van der Waals surface area contributed by atoms with Gasteiger partial charge < -0.3 is 15.8 Å². The van der Waals surface area contributed by atoms with Gasteiger partial charge in [-0.3, -0.25) is 19.7 Å². The first-order valence-electron chi connectivity index (χ1n) is 8.40. The number of nitro benzene ring substituents is 1. The number of thiophene rings is 1. The van der Waals surface area contributed by atoms with Crippen molar-refractivity contribution in [2.75, 3.05) is 12.4 Å². The minimum Gasteiger partial charge on any atom is -0.490 e. The van der Waals surface area contributed by atoms with Gasteiger partial charge in [0.15, 0.2) is 5.75 Å². The molecule has 0 bridgehead atoms. The molecule has 0 saturated carbocycles. The molecule has 0 saturated heterocycles. The molecule has 1 aliphatic rings. The predicted octanol–water partition coefficient (Wildman–Crippen LogP) is 3.14. The van der Waals surface area contributed by atoms with E-state index in [1.54, 1.807) is 0 Å². The number of benzene rings is 1. The number of fused-ring (bicyclic) bond motifs is 1. The summed E-state index contributed by atoms with van der Waals surface area (Å²) < 4.78 is 4.94.